The smallest absolute Gasteiger partial charge is 0.225 e. The molecule has 0 aromatic carbocycles. The van der Waals surface area contributed by atoms with Crippen molar-refractivity contribution in [2.24, 2.45) is 0 Å². The fraction of sp³-hybridized carbons (Fsp3) is 0.667. The molecule has 1 heterocycles. The third kappa shape index (κ3) is 3.93. The van der Waals surface area contributed by atoms with Crippen molar-refractivity contribution in [3.05, 3.63) is 18.0 Å². The third-order valence-corrected chi connectivity index (χ3v) is 2.68. The Morgan fingerprint density at radius 3 is 2.35 bits per heavy atom. The van der Waals surface area contributed by atoms with Gasteiger partial charge >= 0.3 is 0 Å². The normalized spacial score (nSPS) is 14.4. The molecular formula is C12H20FN3O. The molecule has 96 valence electrons. The summed E-state index contributed by atoms with van der Waals surface area (Å²) in [4.78, 5) is 10.1. The molecule has 0 saturated heterocycles. The van der Waals surface area contributed by atoms with E-state index in [0.717, 1.165) is 12.0 Å². The van der Waals surface area contributed by atoms with Crippen molar-refractivity contribution in [1.29, 1.82) is 0 Å². The van der Waals surface area contributed by atoms with Crippen LogP contribution in [-0.2, 0) is 6.42 Å². The van der Waals surface area contributed by atoms with Gasteiger partial charge in [0.25, 0.3) is 0 Å². The Kier molecular flexibility index (Phi) is 5.28. The van der Waals surface area contributed by atoms with Gasteiger partial charge in [-0.05, 0) is 25.8 Å². The van der Waals surface area contributed by atoms with E-state index in [1.165, 1.54) is 6.92 Å². The average molecular weight is 241 g/mol. The molecule has 0 aliphatic heterocycles. The number of anilines is 1. The molecule has 0 aliphatic rings. The van der Waals surface area contributed by atoms with E-state index in [-0.39, 0.29) is 6.54 Å². The maximum Gasteiger partial charge on any atom is 0.225 e. The van der Waals surface area contributed by atoms with E-state index in [1.807, 2.05) is 13.8 Å². The Balaban J connectivity index is 2.72. The maximum atomic E-state index is 13.4. The van der Waals surface area contributed by atoms with Crippen LogP contribution in [0.25, 0.3) is 0 Å². The monoisotopic (exact) mass is 241 g/mol. The van der Waals surface area contributed by atoms with Crippen LogP contribution in [0, 0.1) is 0 Å². The molecule has 4 nitrogen and oxygen atoms in total. The van der Waals surface area contributed by atoms with Gasteiger partial charge in [-0.2, -0.15) is 0 Å². The van der Waals surface area contributed by atoms with Crippen LogP contribution in [0.3, 0.4) is 0 Å². The molecule has 0 fully saturated rings. The van der Waals surface area contributed by atoms with Crippen molar-refractivity contribution < 1.29 is 9.50 Å². The zero-order valence-corrected chi connectivity index (χ0v) is 10.6. The topological polar surface area (TPSA) is 49.2 Å². The van der Waals surface area contributed by atoms with Crippen LogP contribution >= 0.6 is 0 Å². The molecule has 0 amide bonds. The number of nitrogens with zero attached hydrogens (tertiary/aromatic N) is 3. The SMILES string of the molecule is CCc1cnc(N(CC)C[C@H](F)[C@@H](C)O)nc1. The first-order valence-corrected chi connectivity index (χ1v) is 5.96. The van der Waals surface area contributed by atoms with Gasteiger partial charge in [0.2, 0.25) is 5.95 Å². The molecule has 0 bridgehead atoms. The van der Waals surface area contributed by atoms with Gasteiger partial charge in [-0.25, -0.2) is 14.4 Å². The Morgan fingerprint density at radius 2 is 1.94 bits per heavy atom. The number of alkyl halides is 1. The number of aryl methyl sites for hydroxylation is 1. The molecule has 1 aromatic rings. The first kappa shape index (κ1) is 13.8. The molecule has 0 radical (unpaired) electrons. The summed E-state index contributed by atoms with van der Waals surface area (Å²) in [5.41, 5.74) is 1.05. The average Bonchev–Trinajstić information content (AvgIpc) is 2.35. The Hall–Kier alpha value is -1.23. The highest BCUT2D eigenvalue weighted by Crippen LogP contribution is 2.10. The lowest BCUT2D eigenvalue weighted by molar-refractivity contribution is 0.0965. The minimum atomic E-state index is -1.29. The van der Waals surface area contributed by atoms with Crippen molar-refractivity contribution in [3.8, 4) is 0 Å². The lowest BCUT2D eigenvalue weighted by atomic mass is 10.2. The Morgan fingerprint density at radius 1 is 1.35 bits per heavy atom. The van der Waals surface area contributed by atoms with Gasteiger partial charge in [0.1, 0.15) is 6.17 Å². The molecule has 0 unspecified atom stereocenters. The summed E-state index contributed by atoms with van der Waals surface area (Å²) in [5, 5.41) is 9.15. The second-order valence-corrected chi connectivity index (χ2v) is 4.04. The van der Waals surface area contributed by atoms with E-state index in [9.17, 15) is 4.39 Å². The van der Waals surface area contributed by atoms with Crippen molar-refractivity contribution in [2.75, 3.05) is 18.0 Å². The zero-order valence-electron chi connectivity index (χ0n) is 10.6. The van der Waals surface area contributed by atoms with Crippen LogP contribution < -0.4 is 4.90 Å². The molecule has 0 spiro atoms. The first-order valence-electron chi connectivity index (χ1n) is 5.96. The third-order valence-electron chi connectivity index (χ3n) is 2.68. The van der Waals surface area contributed by atoms with Gasteiger partial charge in [-0.3, -0.25) is 0 Å². The Bertz CT molecular complexity index is 329. The standard InChI is InChI=1S/C12H20FN3O/c1-4-10-6-14-12(15-7-10)16(5-2)8-11(13)9(3)17/h6-7,9,11,17H,4-5,8H2,1-3H3/t9-,11+/m1/s1. The second-order valence-electron chi connectivity index (χ2n) is 4.04. The summed E-state index contributed by atoms with van der Waals surface area (Å²) in [5.74, 6) is 0.507. The van der Waals surface area contributed by atoms with E-state index in [4.69, 9.17) is 5.11 Å². The van der Waals surface area contributed by atoms with Crippen molar-refractivity contribution >= 4 is 5.95 Å². The molecule has 1 rings (SSSR count). The van der Waals surface area contributed by atoms with Crippen LogP contribution in [0.4, 0.5) is 10.3 Å². The Labute approximate surface area is 102 Å². The minimum absolute atomic E-state index is 0.111. The van der Waals surface area contributed by atoms with Gasteiger partial charge in [0, 0.05) is 18.9 Å². The largest absolute Gasteiger partial charge is 0.390 e. The summed E-state index contributed by atoms with van der Waals surface area (Å²) >= 11 is 0. The van der Waals surface area contributed by atoms with E-state index in [1.54, 1.807) is 17.3 Å². The van der Waals surface area contributed by atoms with Gasteiger partial charge in [-0.1, -0.05) is 6.92 Å². The summed E-state index contributed by atoms with van der Waals surface area (Å²) in [6, 6.07) is 0. The van der Waals surface area contributed by atoms with Gasteiger partial charge < -0.3 is 10.0 Å². The van der Waals surface area contributed by atoms with Crippen molar-refractivity contribution in [1.82, 2.24) is 9.97 Å². The van der Waals surface area contributed by atoms with Gasteiger partial charge in [-0.15, -0.1) is 0 Å². The highest BCUT2D eigenvalue weighted by atomic mass is 19.1. The van der Waals surface area contributed by atoms with Gasteiger partial charge in [0.15, 0.2) is 0 Å². The van der Waals surface area contributed by atoms with Crippen LogP contribution in [0.1, 0.15) is 26.3 Å². The first-order chi connectivity index (χ1) is 8.08. The minimum Gasteiger partial charge on any atom is -0.390 e. The molecule has 1 aromatic heterocycles. The molecule has 17 heavy (non-hydrogen) atoms. The number of hydrogen-bond donors (Lipinski definition) is 1. The molecule has 0 aliphatic carbocycles. The number of aliphatic hydroxyl groups is 1. The predicted molar refractivity (Wildman–Crippen MR) is 65.9 cm³/mol. The van der Waals surface area contributed by atoms with E-state index in [0.29, 0.717) is 12.5 Å². The van der Waals surface area contributed by atoms with E-state index < -0.39 is 12.3 Å². The molecule has 5 heteroatoms. The van der Waals surface area contributed by atoms with Crippen LogP contribution in [0.15, 0.2) is 12.4 Å². The van der Waals surface area contributed by atoms with Crippen molar-refractivity contribution in [3.63, 3.8) is 0 Å². The predicted octanol–water partition coefficient (Wildman–Crippen LogP) is 1.58. The number of aromatic nitrogens is 2. The highest BCUT2D eigenvalue weighted by Gasteiger charge is 2.18. The van der Waals surface area contributed by atoms with Gasteiger partial charge in [0.05, 0.1) is 12.6 Å². The summed E-state index contributed by atoms with van der Waals surface area (Å²) in [6.07, 6.45) is 2.12. The molecule has 1 N–H and O–H groups in total. The fourth-order valence-electron chi connectivity index (χ4n) is 1.41. The van der Waals surface area contributed by atoms with Crippen molar-refractivity contribution in [2.45, 2.75) is 39.5 Å². The summed E-state index contributed by atoms with van der Waals surface area (Å²) in [7, 11) is 0. The molecule has 2 atom stereocenters. The number of rotatable bonds is 6. The highest BCUT2D eigenvalue weighted by molar-refractivity contribution is 5.29. The van der Waals surface area contributed by atoms with E-state index in [2.05, 4.69) is 9.97 Å². The maximum absolute atomic E-state index is 13.4. The molecule has 0 saturated carbocycles. The van der Waals surface area contributed by atoms with Crippen LogP contribution in [-0.4, -0.2) is 40.4 Å². The molecular weight excluding hydrogens is 221 g/mol. The lowest BCUT2D eigenvalue weighted by Gasteiger charge is -2.23. The summed E-state index contributed by atoms with van der Waals surface area (Å²) < 4.78 is 13.4. The second kappa shape index (κ2) is 6.49. The number of aliphatic hydroxyl groups excluding tert-OH is 1. The summed E-state index contributed by atoms with van der Waals surface area (Å²) in [6.45, 7) is 6.10. The number of halogens is 1. The van der Waals surface area contributed by atoms with Crippen LogP contribution in [0.2, 0.25) is 0 Å². The number of hydrogen-bond acceptors (Lipinski definition) is 4. The fourth-order valence-corrected chi connectivity index (χ4v) is 1.41. The lowest BCUT2D eigenvalue weighted by Crippen LogP contribution is -2.36. The van der Waals surface area contributed by atoms with E-state index >= 15 is 0 Å². The zero-order chi connectivity index (χ0) is 12.8. The van der Waals surface area contributed by atoms with Crippen LogP contribution in [0.5, 0.6) is 0 Å². The quantitative estimate of drug-likeness (QED) is 0.821.